The monoisotopic (exact) mass is 220 g/mol. The normalized spacial score (nSPS) is 51.1. The summed E-state index contributed by atoms with van der Waals surface area (Å²) in [5.41, 5.74) is 1.83. The van der Waals surface area contributed by atoms with Crippen LogP contribution in [0.15, 0.2) is 12.2 Å². The molecule has 0 N–H and O–H groups in total. The zero-order valence-electron chi connectivity index (χ0n) is 10.8. The Hall–Kier alpha value is -0.300. The summed E-state index contributed by atoms with van der Waals surface area (Å²) in [6, 6.07) is 0. The second kappa shape index (κ2) is 3.35. The van der Waals surface area contributed by atoms with E-state index in [-0.39, 0.29) is 0 Å². The molecule has 2 heterocycles. The average molecular weight is 220 g/mol. The lowest BCUT2D eigenvalue weighted by atomic mass is 9.71. The Bertz CT molecular complexity index is 319. The molecular weight excluding hydrogens is 196 g/mol. The SMILES string of the molecule is C=C1CC[C@H]2O[C@@H]1C1C(C(C)C)CC[C@]12C. The molecular formula is C15H24O. The molecule has 0 aromatic carbocycles. The molecule has 0 spiro atoms. The predicted molar refractivity (Wildman–Crippen MR) is 66.2 cm³/mol. The van der Waals surface area contributed by atoms with Crippen molar-refractivity contribution in [1.29, 1.82) is 0 Å². The third-order valence-electron chi connectivity index (χ3n) is 5.60. The van der Waals surface area contributed by atoms with Gasteiger partial charge in [0, 0.05) is 0 Å². The summed E-state index contributed by atoms with van der Waals surface area (Å²) in [4.78, 5) is 0. The molecule has 0 radical (unpaired) electrons. The maximum atomic E-state index is 6.26. The van der Waals surface area contributed by atoms with Crippen LogP contribution in [0.1, 0.15) is 46.5 Å². The highest BCUT2D eigenvalue weighted by Crippen LogP contribution is 2.62. The summed E-state index contributed by atoms with van der Waals surface area (Å²) >= 11 is 0. The van der Waals surface area contributed by atoms with Gasteiger partial charge in [0.15, 0.2) is 0 Å². The molecule has 0 amide bonds. The van der Waals surface area contributed by atoms with E-state index >= 15 is 0 Å². The molecule has 3 rings (SSSR count). The summed E-state index contributed by atoms with van der Waals surface area (Å²) in [6.07, 6.45) is 6.10. The third kappa shape index (κ3) is 1.21. The topological polar surface area (TPSA) is 9.23 Å². The van der Waals surface area contributed by atoms with Gasteiger partial charge in [-0.3, -0.25) is 0 Å². The molecule has 16 heavy (non-hydrogen) atoms. The van der Waals surface area contributed by atoms with Crippen molar-refractivity contribution in [2.45, 2.75) is 58.7 Å². The summed E-state index contributed by atoms with van der Waals surface area (Å²) < 4.78 is 6.26. The molecule has 90 valence electrons. The van der Waals surface area contributed by atoms with E-state index in [9.17, 15) is 0 Å². The van der Waals surface area contributed by atoms with E-state index in [4.69, 9.17) is 4.74 Å². The molecule has 2 saturated heterocycles. The molecule has 2 aliphatic heterocycles. The molecule has 0 aromatic rings. The molecule has 1 aliphatic carbocycles. The van der Waals surface area contributed by atoms with Crippen LogP contribution >= 0.6 is 0 Å². The first kappa shape index (κ1) is 10.8. The van der Waals surface area contributed by atoms with Crippen LogP contribution < -0.4 is 0 Å². The molecule has 0 aromatic heterocycles. The molecule has 1 nitrogen and oxygen atoms in total. The minimum Gasteiger partial charge on any atom is -0.370 e. The lowest BCUT2D eigenvalue weighted by Crippen LogP contribution is -2.31. The summed E-state index contributed by atoms with van der Waals surface area (Å²) in [5.74, 6) is 2.41. The smallest absolute Gasteiger partial charge is 0.0823 e. The van der Waals surface area contributed by atoms with Crippen LogP contribution in [0.4, 0.5) is 0 Å². The van der Waals surface area contributed by atoms with Crippen LogP contribution in [0.5, 0.6) is 0 Å². The zero-order chi connectivity index (χ0) is 11.5. The molecule has 1 heteroatoms. The van der Waals surface area contributed by atoms with Gasteiger partial charge in [0.2, 0.25) is 0 Å². The lowest BCUT2D eigenvalue weighted by Gasteiger charge is -2.31. The van der Waals surface area contributed by atoms with Crippen molar-refractivity contribution in [1.82, 2.24) is 0 Å². The van der Waals surface area contributed by atoms with Crippen molar-refractivity contribution in [2.24, 2.45) is 23.2 Å². The van der Waals surface area contributed by atoms with Crippen LogP contribution in [0.25, 0.3) is 0 Å². The van der Waals surface area contributed by atoms with Gasteiger partial charge in [-0.2, -0.15) is 0 Å². The fraction of sp³-hybridized carbons (Fsp3) is 0.867. The van der Waals surface area contributed by atoms with Gasteiger partial charge < -0.3 is 4.74 Å². The minimum atomic E-state index is 0.388. The van der Waals surface area contributed by atoms with Crippen LogP contribution in [0, 0.1) is 23.2 Å². The van der Waals surface area contributed by atoms with Crippen LogP contribution in [0.2, 0.25) is 0 Å². The first-order valence-electron chi connectivity index (χ1n) is 6.87. The third-order valence-corrected chi connectivity index (χ3v) is 5.60. The van der Waals surface area contributed by atoms with Gasteiger partial charge >= 0.3 is 0 Å². The van der Waals surface area contributed by atoms with Crippen LogP contribution in [0.3, 0.4) is 0 Å². The first-order chi connectivity index (χ1) is 7.54. The van der Waals surface area contributed by atoms with Crippen molar-refractivity contribution in [3.8, 4) is 0 Å². The number of fused-ring (bicyclic) bond motifs is 5. The van der Waals surface area contributed by atoms with E-state index in [2.05, 4.69) is 27.4 Å². The summed E-state index contributed by atoms with van der Waals surface area (Å²) in [6.45, 7) is 11.5. The Morgan fingerprint density at radius 1 is 1.38 bits per heavy atom. The van der Waals surface area contributed by atoms with E-state index in [1.54, 1.807) is 0 Å². The molecule has 2 bridgehead atoms. The minimum absolute atomic E-state index is 0.388. The highest BCUT2D eigenvalue weighted by molar-refractivity contribution is 5.20. The number of hydrogen-bond acceptors (Lipinski definition) is 1. The average Bonchev–Trinajstić information content (AvgIpc) is 2.67. The van der Waals surface area contributed by atoms with Crippen molar-refractivity contribution in [3.05, 3.63) is 12.2 Å². The molecule has 3 aliphatic rings. The van der Waals surface area contributed by atoms with Gasteiger partial charge in [-0.15, -0.1) is 0 Å². The van der Waals surface area contributed by atoms with E-state index < -0.39 is 0 Å². The van der Waals surface area contributed by atoms with Gasteiger partial charge in [-0.05, 0) is 54.4 Å². The van der Waals surface area contributed by atoms with Gasteiger partial charge in [0.25, 0.3) is 0 Å². The quantitative estimate of drug-likeness (QED) is 0.611. The fourth-order valence-electron chi connectivity index (χ4n) is 4.63. The largest absolute Gasteiger partial charge is 0.370 e. The van der Waals surface area contributed by atoms with Crippen LogP contribution in [-0.4, -0.2) is 12.2 Å². The Labute approximate surface area is 99.3 Å². The molecule has 2 unspecified atom stereocenters. The second-order valence-electron chi connectivity index (χ2n) is 6.72. The Kier molecular flexibility index (Phi) is 2.27. The maximum absolute atomic E-state index is 6.26. The van der Waals surface area contributed by atoms with Crippen molar-refractivity contribution in [2.75, 3.05) is 0 Å². The summed E-state index contributed by atoms with van der Waals surface area (Å²) in [5, 5.41) is 0. The maximum Gasteiger partial charge on any atom is 0.0823 e. The fourth-order valence-corrected chi connectivity index (χ4v) is 4.63. The van der Waals surface area contributed by atoms with Gasteiger partial charge in [0.1, 0.15) is 0 Å². The Balaban J connectivity index is 1.98. The van der Waals surface area contributed by atoms with Crippen molar-refractivity contribution < 1.29 is 4.74 Å². The highest BCUT2D eigenvalue weighted by Gasteiger charge is 2.61. The van der Waals surface area contributed by atoms with E-state index in [1.165, 1.54) is 31.3 Å². The number of ether oxygens (including phenoxy) is 1. The van der Waals surface area contributed by atoms with Gasteiger partial charge in [-0.25, -0.2) is 0 Å². The van der Waals surface area contributed by atoms with E-state index in [0.29, 0.717) is 17.6 Å². The van der Waals surface area contributed by atoms with E-state index in [0.717, 1.165) is 17.8 Å². The Morgan fingerprint density at radius 2 is 2.12 bits per heavy atom. The van der Waals surface area contributed by atoms with Crippen molar-refractivity contribution >= 4 is 0 Å². The molecule has 3 fully saturated rings. The standard InChI is InChI=1S/C15H24O/c1-9(2)11-7-8-15(4)12-6-5-10(3)14(16-12)13(11)15/h9,11-14H,3,5-8H2,1-2,4H3/t11?,12-,13?,14+,15+/m1/s1. The van der Waals surface area contributed by atoms with Crippen LogP contribution in [-0.2, 0) is 4.74 Å². The zero-order valence-corrected chi connectivity index (χ0v) is 10.8. The van der Waals surface area contributed by atoms with Crippen molar-refractivity contribution in [3.63, 3.8) is 0 Å². The Morgan fingerprint density at radius 3 is 2.81 bits per heavy atom. The first-order valence-corrected chi connectivity index (χ1v) is 6.87. The molecule has 1 saturated carbocycles. The number of hydrogen-bond donors (Lipinski definition) is 0. The molecule has 5 atom stereocenters. The second-order valence-corrected chi connectivity index (χ2v) is 6.72. The van der Waals surface area contributed by atoms with E-state index in [1.807, 2.05) is 0 Å². The summed E-state index contributed by atoms with van der Waals surface area (Å²) in [7, 11) is 0. The lowest BCUT2D eigenvalue weighted by molar-refractivity contribution is -0.00298. The number of rotatable bonds is 1. The highest BCUT2D eigenvalue weighted by atomic mass is 16.5. The van der Waals surface area contributed by atoms with Gasteiger partial charge in [-0.1, -0.05) is 27.4 Å². The van der Waals surface area contributed by atoms with Gasteiger partial charge in [0.05, 0.1) is 12.2 Å². The predicted octanol–water partition coefficient (Wildman–Crippen LogP) is 3.79.